The molecule has 4 nitrogen and oxygen atoms in total. The zero-order valence-electron chi connectivity index (χ0n) is 10.6. The van der Waals surface area contributed by atoms with Crippen molar-refractivity contribution in [2.24, 2.45) is 0 Å². The molecule has 0 radical (unpaired) electrons. The van der Waals surface area contributed by atoms with Crippen molar-refractivity contribution < 1.29 is 0 Å². The van der Waals surface area contributed by atoms with Crippen LogP contribution in [0.5, 0.6) is 0 Å². The van der Waals surface area contributed by atoms with Gasteiger partial charge in [-0.2, -0.15) is 0 Å². The molecule has 0 aliphatic carbocycles. The summed E-state index contributed by atoms with van der Waals surface area (Å²) in [4.78, 5) is 10.9. The second-order valence-corrected chi connectivity index (χ2v) is 4.66. The summed E-state index contributed by atoms with van der Waals surface area (Å²) in [5.74, 6) is 1.00. The van der Waals surface area contributed by atoms with Crippen LogP contribution in [0.1, 0.15) is 32.6 Å². The Labute approximate surface area is 103 Å². The van der Waals surface area contributed by atoms with E-state index in [4.69, 9.17) is 0 Å². The minimum Gasteiger partial charge on any atom is -0.354 e. The Morgan fingerprint density at radius 2 is 2.35 bits per heavy atom. The van der Waals surface area contributed by atoms with E-state index in [2.05, 4.69) is 27.1 Å². The first-order valence-corrected chi connectivity index (χ1v) is 6.64. The van der Waals surface area contributed by atoms with E-state index in [0.717, 1.165) is 31.9 Å². The molecule has 0 saturated carbocycles. The van der Waals surface area contributed by atoms with Gasteiger partial charge >= 0.3 is 0 Å². The number of nitrogens with one attached hydrogen (secondary N) is 1. The zero-order valence-corrected chi connectivity index (χ0v) is 10.6. The van der Waals surface area contributed by atoms with E-state index in [1.54, 1.807) is 12.4 Å². The van der Waals surface area contributed by atoms with Crippen LogP contribution < -0.4 is 10.2 Å². The van der Waals surface area contributed by atoms with E-state index in [1.807, 2.05) is 6.20 Å². The quantitative estimate of drug-likeness (QED) is 0.844. The van der Waals surface area contributed by atoms with Gasteiger partial charge in [0.1, 0.15) is 5.82 Å². The lowest BCUT2D eigenvalue weighted by Crippen LogP contribution is -2.44. The summed E-state index contributed by atoms with van der Waals surface area (Å²) in [6.07, 6.45) is 10.4. The van der Waals surface area contributed by atoms with Crippen molar-refractivity contribution >= 4 is 5.82 Å². The SMILES string of the molecule is CCCN(CC1CCCCN1)c1cnccn1. The molecule has 0 amide bonds. The lowest BCUT2D eigenvalue weighted by Gasteiger charge is -2.31. The predicted octanol–water partition coefficient (Wildman–Crippen LogP) is 1.84. The fraction of sp³-hybridized carbons (Fsp3) is 0.692. The second kappa shape index (κ2) is 6.55. The molecule has 94 valence electrons. The summed E-state index contributed by atoms with van der Waals surface area (Å²) in [7, 11) is 0. The van der Waals surface area contributed by atoms with E-state index in [0.29, 0.717) is 6.04 Å². The van der Waals surface area contributed by atoms with Gasteiger partial charge < -0.3 is 10.2 Å². The average Bonchev–Trinajstić information content (AvgIpc) is 2.40. The molecule has 1 aliphatic rings. The van der Waals surface area contributed by atoms with Crippen LogP contribution in [0.25, 0.3) is 0 Å². The smallest absolute Gasteiger partial charge is 0.147 e. The molecule has 1 fully saturated rings. The highest BCUT2D eigenvalue weighted by atomic mass is 15.2. The fourth-order valence-corrected chi connectivity index (χ4v) is 2.37. The highest BCUT2D eigenvalue weighted by Gasteiger charge is 2.17. The van der Waals surface area contributed by atoms with Gasteiger partial charge in [-0.15, -0.1) is 0 Å². The third-order valence-electron chi connectivity index (χ3n) is 3.22. The van der Waals surface area contributed by atoms with Crippen molar-refractivity contribution in [2.45, 2.75) is 38.6 Å². The Morgan fingerprint density at radius 1 is 1.41 bits per heavy atom. The van der Waals surface area contributed by atoms with Crippen LogP contribution in [0.4, 0.5) is 5.82 Å². The maximum Gasteiger partial charge on any atom is 0.147 e. The van der Waals surface area contributed by atoms with Crippen LogP contribution in [0.2, 0.25) is 0 Å². The van der Waals surface area contributed by atoms with Gasteiger partial charge in [-0.1, -0.05) is 13.3 Å². The molecule has 1 aromatic heterocycles. The van der Waals surface area contributed by atoms with Crippen LogP contribution in [-0.4, -0.2) is 35.6 Å². The van der Waals surface area contributed by atoms with Gasteiger partial charge in [0.2, 0.25) is 0 Å². The molecule has 17 heavy (non-hydrogen) atoms. The molecular weight excluding hydrogens is 212 g/mol. The van der Waals surface area contributed by atoms with E-state index < -0.39 is 0 Å². The zero-order chi connectivity index (χ0) is 11.9. The summed E-state index contributed by atoms with van der Waals surface area (Å²) >= 11 is 0. The van der Waals surface area contributed by atoms with Crippen molar-refractivity contribution in [2.75, 3.05) is 24.5 Å². The Hall–Kier alpha value is -1.16. The standard InChI is InChI=1S/C13H22N4/c1-2-9-17(13-10-14-7-8-16-13)11-12-5-3-4-6-15-12/h7-8,10,12,15H,2-6,9,11H2,1H3. The molecule has 0 spiro atoms. The Bertz CT molecular complexity index is 308. The molecule has 2 rings (SSSR count). The maximum atomic E-state index is 4.40. The molecule has 2 heterocycles. The van der Waals surface area contributed by atoms with Crippen molar-refractivity contribution in [3.05, 3.63) is 18.6 Å². The molecule has 4 heteroatoms. The first kappa shape index (κ1) is 12.3. The minimum absolute atomic E-state index is 0.609. The van der Waals surface area contributed by atoms with Crippen molar-refractivity contribution in [1.29, 1.82) is 0 Å². The third kappa shape index (κ3) is 3.66. The largest absolute Gasteiger partial charge is 0.354 e. The van der Waals surface area contributed by atoms with Gasteiger partial charge in [-0.25, -0.2) is 4.98 Å². The van der Waals surface area contributed by atoms with Crippen LogP contribution in [0, 0.1) is 0 Å². The normalized spacial score (nSPS) is 20.2. The van der Waals surface area contributed by atoms with Gasteiger partial charge in [0, 0.05) is 31.5 Å². The summed E-state index contributed by atoms with van der Waals surface area (Å²) in [5, 5.41) is 3.59. The summed E-state index contributed by atoms with van der Waals surface area (Å²) in [5.41, 5.74) is 0. The van der Waals surface area contributed by atoms with Crippen LogP contribution >= 0.6 is 0 Å². The summed E-state index contributed by atoms with van der Waals surface area (Å²) in [6, 6.07) is 0.609. The molecule has 1 unspecified atom stereocenters. The lowest BCUT2D eigenvalue weighted by atomic mass is 10.0. The molecular formula is C13H22N4. The first-order valence-electron chi connectivity index (χ1n) is 6.64. The molecule has 1 saturated heterocycles. The number of hydrogen-bond acceptors (Lipinski definition) is 4. The maximum absolute atomic E-state index is 4.40. The Morgan fingerprint density at radius 3 is 3.00 bits per heavy atom. The van der Waals surface area contributed by atoms with Crippen LogP contribution in [-0.2, 0) is 0 Å². The average molecular weight is 234 g/mol. The monoisotopic (exact) mass is 234 g/mol. The highest BCUT2D eigenvalue weighted by Crippen LogP contribution is 2.13. The number of piperidine rings is 1. The topological polar surface area (TPSA) is 41.0 Å². The van der Waals surface area contributed by atoms with Gasteiger partial charge in [0.05, 0.1) is 6.20 Å². The second-order valence-electron chi connectivity index (χ2n) is 4.66. The first-order chi connectivity index (χ1) is 8.40. The molecule has 1 atom stereocenters. The third-order valence-corrected chi connectivity index (χ3v) is 3.22. The van der Waals surface area contributed by atoms with Crippen LogP contribution in [0.15, 0.2) is 18.6 Å². The van der Waals surface area contributed by atoms with Gasteiger partial charge in [-0.3, -0.25) is 4.98 Å². The number of aromatic nitrogens is 2. The van der Waals surface area contributed by atoms with Gasteiger partial charge in [-0.05, 0) is 25.8 Å². The predicted molar refractivity (Wildman–Crippen MR) is 70.2 cm³/mol. The molecule has 1 N–H and O–H groups in total. The molecule has 0 bridgehead atoms. The summed E-state index contributed by atoms with van der Waals surface area (Å²) in [6.45, 7) is 5.46. The summed E-state index contributed by atoms with van der Waals surface area (Å²) < 4.78 is 0. The highest BCUT2D eigenvalue weighted by molar-refractivity contribution is 5.35. The van der Waals surface area contributed by atoms with E-state index >= 15 is 0 Å². The van der Waals surface area contributed by atoms with E-state index in [1.165, 1.54) is 19.3 Å². The number of anilines is 1. The minimum atomic E-state index is 0.609. The van der Waals surface area contributed by atoms with Gasteiger partial charge in [0.15, 0.2) is 0 Å². The number of rotatable bonds is 5. The van der Waals surface area contributed by atoms with Gasteiger partial charge in [0.25, 0.3) is 0 Å². The number of nitrogens with zero attached hydrogens (tertiary/aromatic N) is 3. The fourth-order valence-electron chi connectivity index (χ4n) is 2.37. The Kier molecular flexibility index (Phi) is 4.74. The molecule has 1 aliphatic heterocycles. The van der Waals surface area contributed by atoms with Crippen molar-refractivity contribution in [3.8, 4) is 0 Å². The van der Waals surface area contributed by atoms with Crippen molar-refractivity contribution in [1.82, 2.24) is 15.3 Å². The van der Waals surface area contributed by atoms with E-state index in [9.17, 15) is 0 Å². The lowest BCUT2D eigenvalue weighted by molar-refractivity contribution is 0.398. The van der Waals surface area contributed by atoms with Crippen molar-refractivity contribution in [3.63, 3.8) is 0 Å². The van der Waals surface area contributed by atoms with E-state index in [-0.39, 0.29) is 0 Å². The molecule has 0 aromatic carbocycles. The number of hydrogen-bond donors (Lipinski definition) is 1. The van der Waals surface area contributed by atoms with Crippen LogP contribution in [0.3, 0.4) is 0 Å². The Balaban J connectivity index is 1.96. The molecule has 1 aromatic rings.